The van der Waals surface area contributed by atoms with Crippen LogP contribution in [-0.4, -0.2) is 37.8 Å². The number of hydrogen-bond acceptors (Lipinski definition) is 6. The van der Waals surface area contributed by atoms with E-state index >= 15 is 0 Å². The van der Waals surface area contributed by atoms with Crippen molar-refractivity contribution >= 4 is 22.3 Å². The standard InChI is InChI=1S/C12H14N4O2S/c1-19(17)9-8-18-12-14-7-4-11(16-12)15-10-2-5-13-6-3-10/h2-7H,8-9H2,1H3,(H,13,14,15,16). The summed E-state index contributed by atoms with van der Waals surface area (Å²) >= 11 is 0. The third-order valence-electron chi connectivity index (χ3n) is 2.19. The smallest absolute Gasteiger partial charge is 0.318 e. The first kappa shape index (κ1) is 13.4. The lowest BCUT2D eigenvalue weighted by Crippen LogP contribution is -2.09. The van der Waals surface area contributed by atoms with Crippen molar-refractivity contribution < 1.29 is 8.95 Å². The molecule has 1 unspecified atom stereocenters. The van der Waals surface area contributed by atoms with Crippen molar-refractivity contribution in [3.63, 3.8) is 0 Å². The van der Waals surface area contributed by atoms with E-state index in [1.165, 1.54) is 0 Å². The fraction of sp³-hybridized carbons (Fsp3) is 0.250. The average molecular weight is 278 g/mol. The van der Waals surface area contributed by atoms with Crippen molar-refractivity contribution in [2.24, 2.45) is 0 Å². The van der Waals surface area contributed by atoms with Crippen LogP contribution in [0.3, 0.4) is 0 Å². The summed E-state index contributed by atoms with van der Waals surface area (Å²) < 4.78 is 16.2. The second-order valence-corrected chi connectivity index (χ2v) is 5.27. The van der Waals surface area contributed by atoms with Crippen LogP contribution in [0.25, 0.3) is 0 Å². The Morgan fingerprint density at radius 2 is 2.05 bits per heavy atom. The van der Waals surface area contributed by atoms with E-state index in [0.29, 0.717) is 18.2 Å². The summed E-state index contributed by atoms with van der Waals surface area (Å²) in [5.41, 5.74) is 0.884. The number of anilines is 2. The predicted molar refractivity (Wildman–Crippen MR) is 74.0 cm³/mol. The topological polar surface area (TPSA) is 77.0 Å². The summed E-state index contributed by atoms with van der Waals surface area (Å²) in [6.07, 6.45) is 6.62. The van der Waals surface area contributed by atoms with Crippen LogP contribution >= 0.6 is 0 Å². The Hall–Kier alpha value is -2.02. The SMILES string of the molecule is CS(=O)CCOc1nccc(Nc2ccncc2)n1. The summed E-state index contributed by atoms with van der Waals surface area (Å²) in [6, 6.07) is 5.68. The quantitative estimate of drug-likeness (QED) is 0.860. The molecule has 0 saturated carbocycles. The zero-order valence-electron chi connectivity index (χ0n) is 10.4. The molecule has 2 aromatic rings. The third-order valence-corrected chi connectivity index (χ3v) is 2.93. The van der Waals surface area contributed by atoms with Gasteiger partial charge in [0, 0.05) is 41.3 Å². The molecule has 0 saturated heterocycles. The Balaban J connectivity index is 1.97. The molecule has 0 bridgehead atoms. The molecule has 0 amide bonds. The second-order valence-electron chi connectivity index (χ2n) is 3.71. The highest BCUT2D eigenvalue weighted by Crippen LogP contribution is 2.14. The Kier molecular flexibility index (Phi) is 4.79. The maximum atomic E-state index is 10.9. The monoisotopic (exact) mass is 278 g/mol. The van der Waals surface area contributed by atoms with E-state index in [1.54, 1.807) is 30.9 Å². The molecule has 0 spiro atoms. The number of nitrogens with one attached hydrogen (secondary N) is 1. The lowest BCUT2D eigenvalue weighted by atomic mass is 10.4. The zero-order valence-corrected chi connectivity index (χ0v) is 11.3. The van der Waals surface area contributed by atoms with Gasteiger partial charge in [-0.15, -0.1) is 0 Å². The lowest BCUT2D eigenvalue weighted by molar-refractivity contribution is 0.315. The molecule has 0 aromatic carbocycles. The van der Waals surface area contributed by atoms with Gasteiger partial charge in [0.25, 0.3) is 0 Å². The van der Waals surface area contributed by atoms with Gasteiger partial charge in [0.05, 0.1) is 5.75 Å². The van der Waals surface area contributed by atoms with Crippen molar-refractivity contribution in [2.45, 2.75) is 0 Å². The third kappa shape index (κ3) is 4.63. The van der Waals surface area contributed by atoms with Crippen molar-refractivity contribution in [1.82, 2.24) is 15.0 Å². The molecule has 0 fully saturated rings. The van der Waals surface area contributed by atoms with Gasteiger partial charge in [-0.25, -0.2) is 4.98 Å². The van der Waals surface area contributed by atoms with Gasteiger partial charge < -0.3 is 10.1 Å². The van der Waals surface area contributed by atoms with E-state index in [2.05, 4.69) is 20.3 Å². The Bertz CT molecular complexity index is 550. The normalized spacial score (nSPS) is 11.8. The highest BCUT2D eigenvalue weighted by atomic mass is 32.2. The largest absolute Gasteiger partial charge is 0.462 e. The van der Waals surface area contributed by atoms with Gasteiger partial charge in [0.15, 0.2) is 0 Å². The molecular formula is C12H14N4O2S. The minimum absolute atomic E-state index is 0.268. The summed E-state index contributed by atoms with van der Waals surface area (Å²) in [7, 11) is -0.879. The van der Waals surface area contributed by atoms with Crippen LogP contribution in [-0.2, 0) is 10.8 Å². The summed E-state index contributed by atoms with van der Waals surface area (Å²) in [5.74, 6) is 1.10. The van der Waals surface area contributed by atoms with Crippen LogP contribution in [0.5, 0.6) is 6.01 Å². The van der Waals surface area contributed by atoms with Gasteiger partial charge in [-0.05, 0) is 18.2 Å². The molecule has 19 heavy (non-hydrogen) atoms. The molecule has 1 atom stereocenters. The van der Waals surface area contributed by atoms with E-state index in [0.717, 1.165) is 5.69 Å². The number of pyridine rings is 1. The molecule has 0 radical (unpaired) electrons. The summed E-state index contributed by atoms with van der Waals surface area (Å²) in [5, 5.41) is 3.11. The maximum absolute atomic E-state index is 10.9. The number of aromatic nitrogens is 3. The number of nitrogens with zero attached hydrogens (tertiary/aromatic N) is 3. The molecule has 6 nitrogen and oxygen atoms in total. The molecule has 7 heteroatoms. The number of hydrogen-bond donors (Lipinski definition) is 1. The van der Waals surface area contributed by atoms with E-state index < -0.39 is 10.8 Å². The van der Waals surface area contributed by atoms with Gasteiger partial charge in [0.2, 0.25) is 0 Å². The fourth-order valence-electron chi connectivity index (χ4n) is 1.31. The first-order chi connectivity index (χ1) is 9.24. The fourth-order valence-corrected chi connectivity index (χ4v) is 1.63. The molecular weight excluding hydrogens is 264 g/mol. The van der Waals surface area contributed by atoms with Crippen LogP contribution < -0.4 is 10.1 Å². The molecule has 2 aromatic heterocycles. The predicted octanol–water partition coefficient (Wildman–Crippen LogP) is 1.37. The van der Waals surface area contributed by atoms with Gasteiger partial charge >= 0.3 is 6.01 Å². The zero-order chi connectivity index (χ0) is 13.5. The Morgan fingerprint density at radius 3 is 2.79 bits per heavy atom. The molecule has 0 aliphatic rings. The highest BCUT2D eigenvalue weighted by Gasteiger charge is 2.01. The average Bonchev–Trinajstić information content (AvgIpc) is 2.40. The van der Waals surface area contributed by atoms with E-state index in [4.69, 9.17) is 4.74 Å². The molecule has 100 valence electrons. The van der Waals surface area contributed by atoms with Crippen LogP contribution in [0, 0.1) is 0 Å². The minimum Gasteiger partial charge on any atom is -0.462 e. The molecule has 2 rings (SSSR count). The number of rotatable bonds is 6. The molecule has 1 N–H and O–H groups in total. The van der Waals surface area contributed by atoms with Crippen LogP contribution in [0.1, 0.15) is 0 Å². The van der Waals surface area contributed by atoms with Crippen molar-refractivity contribution in [3.05, 3.63) is 36.8 Å². The highest BCUT2D eigenvalue weighted by molar-refractivity contribution is 7.84. The van der Waals surface area contributed by atoms with E-state index in [-0.39, 0.29) is 6.01 Å². The first-order valence-corrected chi connectivity index (χ1v) is 7.40. The second kappa shape index (κ2) is 6.79. The Morgan fingerprint density at radius 1 is 1.26 bits per heavy atom. The van der Waals surface area contributed by atoms with E-state index in [1.807, 2.05) is 12.1 Å². The van der Waals surface area contributed by atoms with Crippen LogP contribution in [0.4, 0.5) is 11.5 Å². The molecule has 2 heterocycles. The first-order valence-electron chi connectivity index (χ1n) is 5.67. The van der Waals surface area contributed by atoms with Crippen molar-refractivity contribution in [2.75, 3.05) is 23.9 Å². The van der Waals surface area contributed by atoms with Gasteiger partial charge in [-0.1, -0.05) is 0 Å². The Labute approximate surface area is 113 Å². The van der Waals surface area contributed by atoms with Gasteiger partial charge in [0.1, 0.15) is 12.4 Å². The van der Waals surface area contributed by atoms with E-state index in [9.17, 15) is 4.21 Å². The summed E-state index contributed by atoms with van der Waals surface area (Å²) in [6.45, 7) is 0.335. The van der Waals surface area contributed by atoms with Crippen molar-refractivity contribution in [1.29, 1.82) is 0 Å². The summed E-state index contributed by atoms with van der Waals surface area (Å²) in [4.78, 5) is 12.1. The van der Waals surface area contributed by atoms with Crippen LogP contribution in [0.15, 0.2) is 36.8 Å². The van der Waals surface area contributed by atoms with Crippen LogP contribution in [0.2, 0.25) is 0 Å². The van der Waals surface area contributed by atoms with Crippen molar-refractivity contribution in [3.8, 4) is 6.01 Å². The van der Waals surface area contributed by atoms with Gasteiger partial charge in [-0.3, -0.25) is 9.19 Å². The molecule has 0 aliphatic carbocycles. The minimum atomic E-state index is -0.879. The molecule has 0 aliphatic heterocycles. The number of ether oxygens (including phenoxy) is 1. The lowest BCUT2D eigenvalue weighted by Gasteiger charge is -2.07. The van der Waals surface area contributed by atoms with Gasteiger partial charge in [-0.2, -0.15) is 4.98 Å². The maximum Gasteiger partial charge on any atom is 0.318 e.